The molecule has 74 valence electrons. The van der Waals surface area contributed by atoms with Crippen molar-refractivity contribution in [1.82, 2.24) is 4.72 Å². The molecule has 1 saturated carbocycles. The molecule has 0 aliphatic heterocycles. The molecule has 2 rings (SSSR count). The number of rotatable bonds is 3. The number of allylic oxidation sites excluding steroid dienone is 2. The molecule has 1 N–H and O–H groups in total. The zero-order valence-electron chi connectivity index (χ0n) is 7.73. The van der Waals surface area contributed by atoms with E-state index in [2.05, 4.69) is 16.9 Å². The second-order valence-electron chi connectivity index (χ2n) is 4.16. The highest BCUT2D eigenvalue weighted by Crippen LogP contribution is 2.42. The topological polar surface area (TPSA) is 46.2 Å². The maximum absolute atomic E-state index is 10.9. The van der Waals surface area contributed by atoms with E-state index in [1.165, 1.54) is 12.7 Å². The Balaban J connectivity index is 1.88. The van der Waals surface area contributed by atoms with Gasteiger partial charge in [-0.15, -0.1) is 0 Å². The van der Waals surface area contributed by atoms with Crippen LogP contribution >= 0.6 is 0 Å². The van der Waals surface area contributed by atoms with Crippen LogP contribution in [0.25, 0.3) is 0 Å². The Labute approximate surface area is 79.3 Å². The molecule has 0 saturated heterocycles. The molecule has 3 atom stereocenters. The van der Waals surface area contributed by atoms with E-state index in [-0.39, 0.29) is 0 Å². The molecule has 1 fully saturated rings. The van der Waals surface area contributed by atoms with Gasteiger partial charge < -0.3 is 0 Å². The third-order valence-electron chi connectivity index (χ3n) is 3.02. The SMILES string of the molecule is CS(=O)(=O)NC[C@H]1C[C@@H]2C=C[C@H]1C2. The van der Waals surface area contributed by atoms with Crippen LogP contribution in [-0.2, 0) is 10.0 Å². The van der Waals surface area contributed by atoms with Gasteiger partial charge in [0.15, 0.2) is 0 Å². The molecule has 2 bridgehead atoms. The summed E-state index contributed by atoms with van der Waals surface area (Å²) in [6.45, 7) is 0.615. The maximum atomic E-state index is 10.9. The highest BCUT2D eigenvalue weighted by atomic mass is 32.2. The number of fused-ring (bicyclic) bond motifs is 2. The van der Waals surface area contributed by atoms with E-state index in [9.17, 15) is 8.42 Å². The quantitative estimate of drug-likeness (QED) is 0.685. The van der Waals surface area contributed by atoms with Crippen molar-refractivity contribution in [2.45, 2.75) is 12.8 Å². The fourth-order valence-corrected chi connectivity index (χ4v) is 2.90. The van der Waals surface area contributed by atoms with Crippen LogP contribution in [0.3, 0.4) is 0 Å². The van der Waals surface area contributed by atoms with Gasteiger partial charge in [0.25, 0.3) is 0 Å². The third kappa shape index (κ3) is 2.11. The monoisotopic (exact) mass is 201 g/mol. The van der Waals surface area contributed by atoms with Gasteiger partial charge in [-0.1, -0.05) is 12.2 Å². The highest BCUT2D eigenvalue weighted by Gasteiger charge is 2.35. The van der Waals surface area contributed by atoms with Crippen LogP contribution in [0.4, 0.5) is 0 Å². The second-order valence-corrected chi connectivity index (χ2v) is 5.99. The standard InChI is InChI=1S/C9H15NO2S/c1-13(11,12)10-6-9-5-7-2-3-8(9)4-7/h2-3,7-10H,4-6H2,1H3/t7-,8+,9-/m1/s1. The van der Waals surface area contributed by atoms with Gasteiger partial charge in [-0.2, -0.15) is 0 Å². The molecule has 0 aromatic heterocycles. The summed E-state index contributed by atoms with van der Waals surface area (Å²) in [7, 11) is -3.00. The van der Waals surface area contributed by atoms with E-state index in [0.717, 1.165) is 12.3 Å². The summed E-state index contributed by atoms with van der Waals surface area (Å²) in [5, 5.41) is 0. The largest absolute Gasteiger partial charge is 0.215 e. The summed E-state index contributed by atoms with van der Waals surface area (Å²) in [5.41, 5.74) is 0. The van der Waals surface area contributed by atoms with Crippen LogP contribution < -0.4 is 4.72 Å². The zero-order chi connectivity index (χ0) is 9.47. The Morgan fingerprint density at radius 1 is 1.38 bits per heavy atom. The van der Waals surface area contributed by atoms with Crippen molar-refractivity contribution in [1.29, 1.82) is 0 Å². The summed E-state index contributed by atoms with van der Waals surface area (Å²) in [4.78, 5) is 0. The molecular formula is C9H15NO2S. The molecule has 0 radical (unpaired) electrons. The predicted octanol–water partition coefficient (Wildman–Crippen LogP) is 0.748. The van der Waals surface area contributed by atoms with Gasteiger partial charge in [0.2, 0.25) is 10.0 Å². The molecule has 3 nitrogen and oxygen atoms in total. The first kappa shape index (κ1) is 9.21. The third-order valence-corrected chi connectivity index (χ3v) is 3.72. The molecule has 0 spiro atoms. The normalized spacial score (nSPS) is 37.2. The van der Waals surface area contributed by atoms with E-state index in [1.54, 1.807) is 0 Å². The summed E-state index contributed by atoms with van der Waals surface area (Å²) in [5.74, 6) is 1.88. The van der Waals surface area contributed by atoms with Gasteiger partial charge in [-0.25, -0.2) is 13.1 Å². The first-order chi connectivity index (χ1) is 6.04. The van der Waals surface area contributed by atoms with Crippen molar-refractivity contribution < 1.29 is 8.42 Å². The van der Waals surface area contributed by atoms with Crippen molar-refractivity contribution in [3.05, 3.63) is 12.2 Å². The van der Waals surface area contributed by atoms with Gasteiger partial charge in [-0.3, -0.25) is 0 Å². The minimum absolute atomic E-state index is 0.532. The Kier molecular flexibility index (Phi) is 2.20. The number of hydrogen-bond acceptors (Lipinski definition) is 2. The predicted molar refractivity (Wildman–Crippen MR) is 51.7 cm³/mol. The van der Waals surface area contributed by atoms with E-state index in [4.69, 9.17) is 0 Å². The highest BCUT2D eigenvalue weighted by molar-refractivity contribution is 7.88. The second kappa shape index (κ2) is 3.10. The fraction of sp³-hybridized carbons (Fsp3) is 0.778. The summed E-state index contributed by atoms with van der Waals surface area (Å²) >= 11 is 0. The van der Waals surface area contributed by atoms with Crippen molar-refractivity contribution in [2.24, 2.45) is 17.8 Å². The maximum Gasteiger partial charge on any atom is 0.208 e. The van der Waals surface area contributed by atoms with E-state index in [0.29, 0.717) is 18.4 Å². The van der Waals surface area contributed by atoms with Crippen molar-refractivity contribution >= 4 is 10.0 Å². The molecular weight excluding hydrogens is 186 g/mol. The van der Waals surface area contributed by atoms with Gasteiger partial charge >= 0.3 is 0 Å². The van der Waals surface area contributed by atoms with E-state index >= 15 is 0 Å². The Hall–Kier alpha value is -0.350. The number of nitrogens with one attached hydrogen (secondary N) is 1. The minimum Gasteiger partial charge on any atom is -0.215 e. The minimum atomic E-state index is -3.00. The smallest absolute Gasteiger partial charge is 0.208 e. The first-order valence-corrected chi connectivity index (χ1v) is 6.57. The molecule has 4 heteroatoms. The molecule has 0 aromatic rings. The summed E-state index contributed by atoms with van der Waals surface area (Å²) in [6.07, 6.45) is 8.11. The van der Waals surface area contributed by atoms with E-state index in [1.807, 2.05) is 0 Å². The molecule has 2 aliphatic rings. The number of hydrogen-bond donors (Lipinski definition) is 1. The Bertz CT molecular complexity index is 321. The van der Waals surface area contributed by atoms with Crippen molar-refractivity contribution in [2.75, 3.05) is 12.8 Å². The van der Waals surface area contributed by atoms with Crippen LogP contribution in [0.2, 0.25) is 0 Å². The molecule has 2 aliphatic carbocycles. The average Bonchev–Trinajstić information content (AvgIpc) is 2.58. The lowest BCUT2D eigenvalue weighted by Crippen LogP contribution is -2.29. The first-order valence-electron chi connectivity index (χ1n) is 4.67. The van der Waals surface area contributed by atoms with Crippen LogP contribution in [-0.4, -0.2) is 21.2 Å². The van der Waals surface area contributed by atoms with Gasteiger partial charge in [0.05, 0.1) is 6.26 Å². The van der Waals surface area contributed by atoms with Gasteiger partial charge in [0, 0.05) is 6.54 Å². The van der Waals surface area contributed by atoms with Crippen LogP contribution in [0.15, 0.2) is 12.2 Å². The van der Waals surface area contributed by atoms with Crippen LogP contribution in [0, 0.1) is 17.8 Å². The lowest BCUT2D eigenvalue weighted by molar-refractivity contribution is 0.441. The van der Waals surface area contributed by atoms with Crippen LogP contribution in [0.5, 0.6) is 0 Å². The Morgan fingerprint density at radius 3 is 2.62 bits per heavy atom. The van der Waals surface area contributed by atoms with Crippen LogP contribution in [0.1, 0.15) is 12.8 Å². The van der Waals surface area contributed by atoms with E-state index < -0.39 is 10.0 Å². The molecule has 0 aromatic carbocycles. The molecule has 0 amide bonds. The van der Waals surface area contributed by atoms with Crippen molar-refractivity contribution in [3.8, 4) is 0 Å². The average molecular weight is 201 g/mol. The summed E-state index contributed by atoms with van der Waals surface area (Å²) in [6, 6.07) is 0. The lowest BCUT2D eigenvalue weighted by Gasteiger charge is -2.17. The summed E-state index contributed by atoms with van der Waals surface area (Å²) < 4.78 is 24.3. The zero-order valence-corrected chi connectivity index (χ0v) is 8.55. The lowest BCUT2D eigenvalue weighted by atomic mass is 9.94. The molecule has 0 unspecified atom stereocenters. The number of sulfonamides is 1. The Morgan fingerprint density at radius 2 is 2.15 bits per heavy atom. The van der Waals surface area contributed by atoms with Gasteiger partial charge in [0.1, 0.15) is 0 Å². The molecule has 13 heavy (non-hydrogen) atoms. The van der Waals surface area contributed by atoms with Crippen molar-refractivity contribution in [3.63, 3.8) is 0 Å². The van der Waals surface area contributed by atoms with Gasteiger partial charge in [-0.05, 0) is 30.6 Å². The fourth-order valence-electron chi connectivity index (χ4n) is 2.39. The molecule has 0 heterocycles.